The molecule has 2 aromatic rings. The minimum atomic E-state index is -3.03. The summed E-state index contributed by atoms with van der Waals surface area (Å²) < 4.78 is 36.4. The van der Waals surface area contributed by atoms with Crippen LogP contribution in [-0.4, -0.2) is 61.9 Å². The first-order valence-electron chi connectivity index (χ1n) is 10.7. The second kappa shape index (κ2) is 11.6. The lowest BCUT2D eigenvalue weighted by Crippen LogP contribution is -2.44. The normalized spacial score (nSPS) is 14.1. The van der Waals surface area contributed by atoms with E-state index < -0.39 is 43.0 Å². The molecule has 3 rings (SSSR count). The fraction of sp³-hybridized carbons (Fsp3) is 0.375. The fourth-order valence-electron chi connectivity index (χ4n) is 3.95. The Hall–Kier alpha value is -3.53. The molecule has 0 spiro atoms. The Morgan fingerprint density at radius 1 is 1.00 bits per heavy atom. The highest BCUT2D eigenvalue weighted by atomic mass is 19.3. The standard InChI is InChI=1S/C24H26F2N2O6/c1-33-14(10-21(29)28-20(23(25)26)11-22(30)31)12-27-24(32)34-13-19-17-8-4-2-6-15(17)16-7-3-5-9-18(16)19/h2-9,14,19-20,23H,10-13H2,1H3,(H,27,32)(H,28,29)(H,30,31). The van der Waals surface area contributed by atoms with Crippen LogP contribution in [0.25, 0.3) is 11.1 Å². The number of carboxylic acid groups (broad SMARTS) is 1. The van der Waals surface area contributed by atoms with Gasteiger partial charge in [0.25, 0.3) is 6.43 Å². The molecular formula is C24H26F2N2O6. The predicted octanol–water partition coefficient (Wildman–Crippen LogP) is 3.15. The number of alkyl carbamates (subject to hydrolysis) is 1. The number of carboxylic acids is 1. The third-order valence-electron chi connectivity index (χ3n) is 5.61. The van der Waals surface area contributed by atoms with Gasteiger partial charge in [-0.25, -0.2) is 13.6 Å². The molecule has 2 atom stereocenters. The van der Waals surface area contributed by atoms with Crippen LogP contribution in [-0.2, 0) is 19.1 Å². The summed E-state index contributed by atoms with van der Waals surface area (Å²) in [5.41, 5.74) is 4.33. The predicted molar refractivity (Wildman–Crippen MR) is 119 cm³/mol. The quantitative estimate of drug-likeness (QED) is 0.459. The molecule has 2 aromatic carbocycles. The summed E-state index contributed by atoms with van der Waals surface area (Å²) in [4.78, 5) is 35.0. The minimum absolute atomic E-state index is 0.0983. The Labute approximate surface area is 195 Å². The third kappa shape index (κ3) is 6.28. The van der Waals surface area contributed by atoms with E-state index >= 15 is 0 Å². The largest absolute Gasteiger partial charge is 0.481 e. The van der Waals surface area contributed by atoms with Crippen LogP contribution in [0.1, 0.15) is 29.9 Å². The molecule has 1 aliphatic rings. The van der Waals surface area contributed by atoms with Gasteiger partial charge in [0.15, 0.2) is 0 Å². The minimum Gasteiger partial charge on any atom is -0.481 e. The molecule has 2 amide bonds. The first-order valence-corrected chi connectivity index (χ1v) is 10.7. The van der Waals surface area contributed by atoms with Crippen molar-refractivity contribution in [2.45, 2.75) is 37.3 Å². The SMILES string of the molecule is COC(CNC(=O)OCC1c2ccccc2-c2ccccc21)CC(=O)NC(CC(=O)O)C(F)F. The molecule has 0 saturated carbocycles. The number of rotatable bonds is 11. The number of carbonyl (C=O) groups excluding carboxylic acids is 2. The van der Waals surface area contributed by atoms with Gasteiger partial charge in [-0.15, -0.1) is 0 Å². The second-order valence-corrected chi connectivity index (χ2v) is 7.87. The van der Waals surface area contributed by atoms with Crippen LogP contribution in [0.15, 0.2) is 48.5 Å². The zero-order chi connectivity index (χ0) is 24.7. The maximum Gasteiger partial charge on any atom is 0.407 e. The molecule has 0 bridgehead atoms. The maximum atomic E-state index is 12.9. The molecule has 0 fully saturated rings. The average molecular weight is 476 g/mol. The number of hydrogen-bond donors (Lipinski definition) is 3. The van der Waals surface area contributed by atoms with Crippen LogP contribution in [0.4, 0.5) is 13.6 Å². The van der Waals surface area contributed by atoms with Gasteiger partial charge < -0.3 is 25.2 Å². The van der Waals surface area contributed by atoms with Crippen LogP contribution in [0.2, 0.25) is 0 Å². The number of fused-ring (bicyclic) bond motifs is 3. The van der Waals surface area contributed by atoms with E-state index in [0.29, 0.717) is 0 Å². The lowest BCUT2D eigenvalue weighted by atomic mass is 9.98. The maximum absolute atomic E-state index is 12.9. The van der Waals surface area contributed by atoms with Gasteiger partial charge >= 0.3 is 12.1 Å². The summed E-state index contributed by atoms with van der Waals surface area (Å²) in [6, 6.07) is 14.0. The third-order valence-corrected chi connectivity index (χ3v) is 5.61. The van der Waals surface area contributed by atoms with E-state index in [9.17, 15) is 23.2 Å². The Morgan fingerprint density at radius 2 is 1.59 bits per heavy atom. The summed E-state index contributed by atoms with van der Waals surface area (Å²) in [7, 11) is 1.30. The molecule has 34 heavy (non-hydrogen) atoms. The Balaban J connectivity index is 1.50. The zero-order valence-corrected chi connectivity index (χ0v) is 18.5. The molecule has 8 nitrogen and oxygen atoms in total. The number of ether oxygens (including phenoxy) is 2. The summed E-state index contributed by atoms with van der Waals surface area (Å²) >= 11 is 0. The fourth-order valence-corrected chi connectivity index (χ4v) is 3.95. The topological polar surface area (TPSA) is 114 Å². The summed E-state index contributed by atoms with van der Waals surface area (Å²) in [5.74, 6) is -2.37. The van der Waals surface area contributed by atoms with E-state index in [1.54, 1.807) is 0 Å². The highest BCUT2D eigenvalue weighted by molar-refractivity contribution is 5.79. The van der Waals surface area contributed by atoms with Crippen LogP contribution in [0.3, 0.4) is 0 Å². The van der Waals surface area contributed by atoms with E-state index in [1.165, 1.54) is 7.11 Å². The highest BCUT2D eigenvalue weighted by Crippen LogP contribution is 2.44. The number of carbonyl (C=O) groups is 3. The number of methoxy groups -OCH3 is 1. The molecule has 0 saturated heterocycles. The Bertz CT molecular complexity index is 987. The van der Waals surface area contributed by atoms with Crippen LogP contribution >= 0.6 is 0 Å². The highest BCUT2D eigenvalue weighted by Gasteiger charge is 2.29. The molecule has 182 valence electrons. The van der Waals surface area contributed by atoms with Crippen molar-refractivity contribution in [2.75, 3.05) is 20.3 Å². The molecular weight excluding hydrogens is 450 g/mol. The Morgan fingerprint density at radius 3 is 2.12 bits per heavy atom. The number of amides is 2. The molecule has 10 heteroatoms. The van der Waals surface area contributed by atoms with Crippen molar-refractivity contribution in [2.24, 2.45) is 0 Å². The number of hydrogen-bond acceptors (Lipinski definition) is 5. The number of nitrogens with one attached hydrogen (secondary N) is 2. The number of benzene rings is 2. The van der Waals surface area contributed by atoms with Crippen molar-refractivity contribution in [1.29, 1.82) is 0 Å². The van der Waals surface area contributed by atoms with Gasteiger partial charge in [-0.05, 0) is 22.3 Å². The van der Waals surface area contributed by atoms with Crippen LogP contribution < -0.4 is 10.6 Å². The molecule has 0 aromatic heterocycles. The molecule has 1 aliphatic carbocycles. The van der Waals surface area contributed by atoms with Gasteiger partial charge in [-0.2, -0.15) is 0 Å². The van der Waals surface area contributed by atoms with Crippen molar-refractivity contribution < 1.29 is 37.7 Å². The van der Waals surface area contributed by atoms with Gasteiger partial charge in [-0.1, -0.05) is 48.5 Å². The van der Waals surface area contributed by atoms with E-state index in [1.807, 2.05) is 53.8 Å². The van der Waals surface area contributed by atoms with Crippen molar-refractivity contribution in [3.05, 3.63) is 59.7 Å². The molecule has 2 unspecified atom stereocenters. The van der Waals surface area contributed by atoms with E-state index in [4.69, 9.17) is 14.6 Å². The van der Waals surface area contributed by atoms with E-state index in [-0.39, 0.29) is 25.5 Å². The summed E-state index contributed by atoms with van der Waals surface area (Å²) in [6.45, 7) is 0.0160. The number of aliphatic carboxylic acids is 1. The zero-order valence-electron chi connectivity index (χ0n) is 18.5. The lowest BCUT2D eigenvalue weighted by Gasteiger charge is -2.20. The summed E-state index contributed by atoms with van der Waals surface area (Å²) in [5, 5.41) is 13.2. The molecule has 0 radical (unpaired) electrons. The second-order valence-electron chi connectivity index (χ2n) is 7.87. The van der Waals surface area contributed by atoms with Crippen molar-refractivity contribution >= 4 is 18.0 Å². The molecule has 3 N–H and O–H groups in total. The van der Waals surface area contributed by atoms with Gasteiger partial charge in [0.2, 0.25) is 5.91 Å². The molecule has 0 heterocycles. The van der Waals surface area contributed by atoms with Crippen LogP contribution in [0.5, 0.6) is 0 Å². The van der Waals surface area contributed by atoms with E-state index in [2.05, 4.69) is 5.32 Å². The van der Waals surface area contributed by atoms with Gasteiger partial charge in [-0.3, -0.25) is 9.59 Å². The van der Waals surface area contributed by atoms with Gasteiger partial charge in [0.1, 0.15) is 12.6 Å². The van der Waals surface area contributed by atoms with E-state index in [0.717, 1.165) is 22.3 Å². The average Bonchev–Trinajstić information content (AvgIpc) is 3.13. The molecule has 0 aliphatic heterocycles. The first kappa shape index (κ1) is 25.1. The van der Waals surface area contributed by atoms with Crippen molar-refractivity contribution in [3.63, 3.8) is 0 Å². The van der Waals surface area contributed by atoms with Crippen molar-refractivity contribution in [1.82, 2.24) is 10.6 Å². The first-order chi connectivity index (χ1) is 16.3. The smallest absolute Gasteiger partial charge is 0.407 e. The van der Waals surface area contributed by atoms with Gasteiger partial charge in [0.05, 0.1) is 18.9 Å². The Kier molecular flexibility index (Phi) is 8.53. The monoisotopic (exact) mass is 476 g/mol. The number of halogens is 2. The number of alkyl halides is 2. The lowest BCUT2D eigenvalue weighted by molar-refractivity contribution is -0.139. The van der Waals surface area contributed by atoms with Crippen molar-refractivity contribution in [3.8, 4) is 11.1 Å². The van der Waals surface area contributed by atoms with Crippen LogP contribution in [0, 0.1) is 0 Å². The summed E-state index contributed by atoms with van der Waals surface area (Å²) in [6.07, 6.45) is -5.80. The van der Waals surface area contributed by atoms with Gasteiger partial charge in [0, 0.05) is 19.6 Å².